The predicted molar refractivity (Wildman–Crippen MR) is 100 cm³/mol. The minimum Gasteiger partial charge on any atom is -0.381 e. The quantitative estimate of drug-likeness (QED) is 0.767. The van der Waals surface area contributed by atoms with Crippen molar-refractivity contribution in [1.82, 2.24) is 14.3 Å². The van der Waals surface area contributed by atoms with E-state index in [0.717, 1.165) is 67.7 Å². The second-order valence-electron chi connectivity index (χ2n) is 7.13. The number of aromatic nitrogens is 2. The Morgan fingerprint density at radius 3 is 2.62 bits per heavy atom. The molecule has 3 aromatic rings. The molecule has 1 N–H and O–H groups in total. The molecule has 0 amide bonds. The van der Waals surface area contributed by atoms with Gasteiger partial charge in [-0.05, 0) is 42.5 Å². The Morgan fingerprint density at radius 1 is 1.08 bits per heavy atom. The number of nitrogens with zero attached hydrogens (tertiary/aromatic N) is 5. The molecule has 2 aliphatic rings. The summed E-state index contributed by atoms with van der Waals surface area (Å²) in [6.45, 7) is 3.56. The maximum Gasteiger partial charge on any atom is 0.157 e. The van der Waals surface area contributed by atoms with Crippen LogP contribution >= 0.6 is 0 Å². The lowest BCUT2D eigenvalue weighted by Crippen LogP contribution is -2.47. The Balaban J connectivity index is 1.80. The molecule has 26 heavy (non-hydrogen) atoms. The number of imidazole rings is 1. The normalized spacial score (nSPS) is 17.8. The van der Waals surface area contributed by atoms with Gasteiger partial charge in [0.05, 0.1) is 23.3 Å². The van der Waals surface area contributed by atoms with E-state index in [1.54, 1.807) is 0 Å². The molecule has 0 unspecified atom stereocenters. The number of benzene rings is 1. The number of aliphatic hydroxyl groups is 1. The van der Waals surface area contributed by atoms with Crippen molar-refractivity contribution in [2.75, 3.05) is 37.8 Å². The van der Waals surface area contributed by atoms with Crippen LogP contribution in [-0.4, -0.2) is 52.3 Å². The minimum absolute atomic E-state index is 0.114. The molecule has 0 atom stereocenters. The lowest BCUT2D eigenvalue weighted by atomic mass is 10.0. The molecule has 1 aromatic carbocycles. The van der Waals surface area contributed by atoms with E-state index < -0.39 is 0 Å². The van der Waals surface area contributed by atoms with Gasteiger partial charge in [-0.2, -0.15) is 5.26 Å². The summed E-state index contributed by atoms with van der Waals surface area (Å²) in [6.07, 6.45) is 3.07. The van der Waals surface area contributed by atoms with Gasteiger partial charge in [0, 0.05) is 26.2 Å². The van der Waals surface area contributed by atoms with Gasteiger partial charge in [-0.25, -0.2) is 4.98 Å². The number of anilines is 1. The summed E-state index contributed by atoms with van der Waals surface area (Å²) in [7, 11) is 0. The molecule has 0 spiro atoms. The topological polar surface area (TPSA) is 67.8 Å². The van der Waals surface area contributed by atoms with Crippen LogP contribution in [0.5, 0.6) is 0 Å². The molecule has 2 aromatic heterocycles. The molecular weight excluding hydrogens is 326 g/mol. The van der Waals surface area contributed by atoms with E-state index in [0.29, 0.717) is 0 Å². The first-order valence-electron chi connectivity index (χ1n) is 9.25. The number of hydrogen-bond donors (Lipinski definition) is 1. The first-order chi connectivity index (χ1) is 12.8. The third-order valence-corrected chi connectivity index (χ3v) is 5.77. The van der Waals surface area contributed by atoms with Gasteiger partial charge in [-0.15, -0.1) is 0 Å². The molecule has 0 saturated carbocycles. The maximum absolute atomic E-state index is 9.84. The van der Waals surface area contributed by atoms with Crippen LogP contribution in [0.3, 0.4) is 0 Å². The third kappa shape index (κ3) is 2.14. The number of rotatable bonds is 2. The fourth-order valence-electron chi connectivity index (χ4n) is 4.50. The van der Waals surface area contributed by atoms with Crippen molar-refractivity contribution >= 4 is 22.5 Å². The fraction of sp³-hybridized carbons (Fsp3) is 0.400. The van der Waals surface area contributed by atoms with Crippen molar-refractivity contribution in [1.29, 1.82) is 5.26 Å². The van der Waals surface area contributed by atoms with Crippen LogP contribution in [0.25, 0.3) is 16.7 Å². The van der Waals surface area contributed by atoms with Crippen LogP contribution in [0.4, 0.5) is 5.82 Å². The van der Waals surface area contributed by atoms with Crippen molar-refractivity contribution in [3.63, 3.8) is 0 Å². The molecule has 132 valence electrons. The molecular formula is C20H21N5O. The van der Waals surface area contributed by atoms with E-state index in [9.17, 15) is 10.4 Å². The van der Waals surface area contributed by atoms with E-state index in [4.69, 9.17) is 4.98 Å². The van der Waals surface area contributed by atoms with Gasteiger partial charge in [0.1, 0.15) is 11.9 Å². The van der Waals surface area contributed by atoms with Crippen molar-refractivity contribution in [2.45, 2.75) is 19.3 Å². The number of fused-ring (bicyclic) bond motifs is 4. The van der Waals surface area contributed by atoms with Gasteiger partial charge in [0.2, 0.25) is 0 Å². The highest BCUT2D eigenvalue weighted by molar-refractivity contribution is 5.86. The fourth-order valence-corrected chi connectivity index (χ4v) is 4.50. The lowest BCUT2D eigenvalue weighted by Gasteiger charge is -2.36. The van der Waals surface area contributed by atoms with Crippen LogP contribution in [0.15, 0.2) is 24.3 Å². The zero-order valence-electron chi connectivity index (χ0n) is 14.6. The van der Waals surface area contributed by atoms with Gasteiger partial charge in [0.25, 0.3) is 0 Å². The number of para-hydroxylation sites is 2. The summed E-state index contributed by atoms with van der Waals surface area (Å²) in [5.41, 5.74) is 6.03. The van der Waals surface area contributed by atoms with Crippen molar-refractivity contribution in [2.24, 2.45) is 0 Å². The van der Waals surface area contributed by atoms with Crippen LogP contribution in [-0.2, 0) is 12.8 Å². The average molecular weight is 347 g/mol. The third-order valence-electron chi connectivity index (χ3n) is 5.77. The molecule has 1 saturated heterocycles. The summed E-state index contributed by atoms with van der Waals surface area (Å²) in [6, 6.07) is 10.6. The first kappa shape index (κ1) is 15.6. The molecule has 0 radical (unpaired) electrons. The average Bonchev–Trinajstić information content (AvgIpc) is 3.31. The van der Waals surface area contributed by atoms with Crippen LogP contribution in [0.1, 0.15) is 23.1 Å². The van der Waals surface area contributed by atoms with E-state index in [1.165, 1.54) is 16.9 Å². The second-order valence-corrected chi connectivity index (χ2v) is 7.13. The van der Waals surface area contributed by atoms with E-state index in [2.05, 4.69) is 26.3 Å². The minimum atomic E-state index is 0.114. The predicted octanol–water partition coefficient (Wildman–Crippen LogP) is 1.92. The van der Waals surface area contributed by atoms with Gasteiger partial charge < -0.3 is 10.0 Å². The standard InChI is InChI=1S/C20H21N5O/c21-12-16-14-4-3-5-15(14)20(24-10-8-23(13-26)9-11-24)25-18-7-2-1-6-17(18)22-19(16)25/h1-2,6-7,26H,3-5,8-11,13H2. The maximum atomic E-state index is 9.84. The number of hydrogen-bond acceptors (Lipinski definition) is 5. The second kappa shape index (κ2) is 5.97. The molecule has 1 aliphatic heterocycles. The first-order valence-corrected chi connectivity index (χ1v) is 9.25. The summed E-state index contributed by atoms with van der Waals surface area (Å²) in [5, 5.41) is 19.2. The Hall–Kier alpha value is -2.62. The zero-order valence-corrected chi connectivity index (χ0v) is 14.6. The Morgan fingerprint density at radius 2 is 1.85 bits per heavy atom. The Bertz CT molecular complexity index is 1040. The molecule has 0 bridgehead atoms. The number of pyridine rings is 1. The SMILES string of the molecule is N#Cc1c2c(c(N3CCN(CO)CC3)n3c1nc1ccccc13)CCC2. The van der Waals surface area contributed by atoms with Gasteiger partial charge in [-0.1, -0.05) is 12.1 Å². The van der Waals surface area contributed by atoms with Crippen LogP contribution in [0, 0.1) is 11.3 Å². The molecule has 1 fully saturated rings. The largest absolute Gasteiger partial charge is 0.381 e. The lowest BCUT2D eigenvalue weighted by molar-refractivity contribution is 0.102. The molecule has 1 aliphatic carbocycles. The van der Waals surface area contributed by atoms with Crippen molar-refractivity contribution < 1.29 is 5.11 Å². The van der Waals surface area contributed by atoms with Crippen molar-refractivity contribution in [3.8, 4) is 6.07 Å². The molecule has 5 rings (SSSR count). The summed E-state index contributed by atoms with van der Waals surface area (Å²) in [5.74, 6) is 1.21. The van der Waals surface area contributed by atoms with E-state index >= 15 is 0 Å². The number of piperazine rings is 1. The monoisotopic (exact) mass is 347 g/mol. The van der Waals surface area contributed by atoms with E-state index in [1.807, 2.05) is 18.2 Å². The van der Waals surface area contributed by atoms with E-state index in [-0.39, 0.29) is 6.73 Å². The summed E-state index contributed by atoms with van der Waals surface area (Å²) in [4.78, 5) is 9.29. The van der Waals surface area contributed by atoms with Gasteiger partial charge in [0.15, 0.2) is 5.65 Å². The molecule has 6 heteroatoms. The number of nitriles is 1. The van der Waals surface area contributed by atoms with Gasteiger partial charge in [-0.3, -0.25) is 9.30 Å². The molecule has 3 heterocycles. The smallest absolute Gasteiger partial charge is 0.157 e. The summed E-state index contributed by atoms with van der Waals surface area (Å²) >= 11 is 0. The van der Waals surface area contributed by atoms with Crippen molar-refractivity contribution in [3.05, 3.63) is 41.0 Å². The highest BCUT2D eigenvalue weighted by Gasteiger charge is 2.29. The highest BCUT2D eigenvalue weighted by atomic mass is 16.3. The Labute approximate surface area is 151 Å². The Kier molecular flexibility index (Phi) is 3.59. The molecule has 6 nitrogen and oxygen atoms in total. The number of aliphatic hydroxyl groups excluding tert-OH is 1. The summed E-state index contributed by atoms with van der Waals surface area (Å²) < 4.78 is 2.20. The highest BCUT2D eigenvalue weighted by Crippen LogP contribution is 2.38. The van der Waals surface area contributed by atoms with Crippen LogP contribution in [0.2, 0.25) is 0 Å². The van der Waals surface area contributed by atoms with Gasteiger partial charge >= 0.3 is 0 Å². The van der Waals surface area contributed by atoms with Crippen LogP contribution < -0.4 is 4.90 Å². The zero-order chi connectivity index (χ0) is 17.7.